The van der Waals surface area contributed by atoms with Crippen LogP contribution < -0.4 is 5.32 Å². The summed E-state index contributed by atoms with van der Waals surface area (Å²) in [7, 11) is 1.77. The third-order valence-electron chi connectivity index (χ3n) is 2.86. The van der Waals surface area contributed by atoms with Crippen LogP contribution in [0.2, 0.25) is 0 Å². The van der Waals surface area contributed by atoms with Crippen LogP contribution in [0.3, 0.4) is 0 Å². The Kier molecular flexibility index (Phi) is 6.00. The number of rotatable bonds is 5. The Bertz CT molecular complexity index is 504. The van der Waals surface area contributed by atoms with Gasteiger partial charge < -0.3 is 15.0 Å². The van der Waals surface area contributed by atoms with Gasteiger partial charge in [-0.05, 0) is 57.0 Å². The predicted octanol–water partition coefficient (Wildman–Crippen LogP) is 3.40. The molecule has 2 amide bonds. The summed E-state index contributed by atoms with van der Waals surface area (Å²) < 4.78 is 5.23. The zero-order valence-corrected chi connectivity index (χ0v) is 15.0. The number of thiophene rings is 1. The minimum atomic E-state index is -0.664. The number of nitrogens with one attached hydrogen (secondary N) is 1. The fourth-order valence-electron chi connectivity index (χ4n) is 1.88. The lowest BCUT2D eigenvalue weighted by Crippen LogP contribution is -2.48. The fraction of sp³-hybridized carbons (Fsp3) is 0.625. The molecule has 1 aromatic rings. The van der Waals surface area contributed by atoms with E-state index in [4.69, 9.17) is 4.74 Å². The topological polar surface area (TPSA) is 58.6 Å². The molecule has 0 unspecified atom stereocenters. The van der Waals surface area contributed by atoms with Crippen molar-refractivity contribution in [1.29, 1.82) is 0 Å². The Morgan fingerprint density at radius 1 is 1.27 bits per heavy atom. The summed E-state index contributed by atoms with van der Waals surface area (Å²) in [6, 6.07) is 2.00. The Hall–Kier alpha value is -1.56. The van der Waals surface area contributed by atoms with Crippen LogP contribution in [0.5, 0.6) is 0 Å². The van der Waals surface area contributed by atoms with Crippen LogP contribution in [0.1, 0.15) is 46.6 Å². The van der Waals surface area contributed by atoms with Gasteiger partial charge in [0, 0.05) is 25.6 Å². The lowest BCUT2D eigenvalue weighted by Gasteiger charge is -2.29. The van der Waals surface area contributed by atoms with Crippen LogP contribution in [0.15, 0.2) is 16.8 Å². The van der Waals surface area contributed by atoms with Crippen molar-refractivity contribution in [3.8, 4) is 0 Å². The minimum Gasteiger partial charge on any atom is -0.444 e. The Labute approximate surface area is 136 Å². The van der Waals surface area contributed by atoms with Gasteiger partial charge in [0.05, 0.1) is 0 Å². The zero-order valence-electron chi connectivity index (χ0n) is 14.2. The smallest absolute Gasteiger partial charge is 0.408 e. The van der Waals surface area contributed by atoms with E-state index in [-0.39, 0.29) is 12.3 Å². The molecule has 0 aliphatic carbocycles. The van der Waals surface area contributed by atoms with Crippen molar-refractivity contribution in [1.82, 2.24) is 10.2 Å². The van der Waals surface area contributed by atoms with Crippen molar-refractivity contribution in [3.63, 3.8) is 0 Å². The summed E-state index contributed by atoms with van der Waals surface area (Å²) in [5.41, 5.74) is -0.110. The molecule has 0 atom stereocenters. The van der Waals surface area contributed by atoms with E-state index in [0.29, 0.717) is 6.54 Å². The molecule has 6 heteroatoms. The van der Waals surface area contributed by atoms with Crippen molar-refractivity contribution in [2.45, 2.75) is 58.7 Å². The molecule has 0 aliphatic rings. The fourth-order valence-corrected chi connectivity index (χ4v) is 2.54. The third-order valence-corrected chi connectivity index (χ3v) is 3.59. The van der Waals surface area contributed by atoms with Crippen LogP contribution in [0, 0.1) is 0 Å². The van der Waals surface area contributed by atoms with Gasteiger partial charge in [0.2, 0.25) is 5.91 Å². The van der Waals surface area contributed by atoms with E-state index in [1.165, 1.54) is 0 Å². The number of amides is 2. The average Bonchev–Trinajstić information content (AvgIpc) is 2.76. The lowest BCUT2D eigenvalue weighted by atomic mass is 10.00. The normalized spacial score (nSPS) is 11.9. The van der Waals surface area contributed by atoms with Gasteiger partial charge in [-0.3, -0.25) is 4.79 Å². The Morgan fingerprint density at radius 3 is 2.41 bits per heavy atom. The Balaban J connectivity index is 2.52. The first kappa shape index (κ1) is 18.5. The molecule has 124 valence electrons. The number of alkyl carbamates (subject to hydrolysis) is 1. The molecule has 0 bridgehead atoms. The minimum absolute atomic E-state index is 0.0211. The first-order valence-corrected chi connectivity index (χ1v) is 8.19. The van der Waals surface area contributed by atoms with E-state index in [2.05, 4.69) is 5.32 Å². The van der Waals surface area contributed by atoms with Gasteiger partial charge in [-0.1, -0.05) is 0 Å². The van der Waals surface area contributed by atoms with Gasteiger partial charge in [-0.15, -0.1) is 0 Å². The van der Waals surface area contributed by atoms with Crippen LogP contribution in [-0.2, 0) is 16.1 Å². The van der Waals surface area contributed by atoms with Crippen LogP contribution in [0.4, 0.5) is 4.79 Å². The third kappa shape index (κ3) is 6.93. The second-order valence-electron chi connectivity index (χ2n) is 7.07. The summed E-state index contributed by atoms with van der Waals surface area (Å²) in [6.45, 7) is 9.61. The molecule has 1 N–H and O–H groups in total. The summed E-state index contributed by atoms with van der Waals surface area (Å²) in [4.78, 5) is 25.8. The molecule has 22 heavy (non-hydrogen) atoms. The van der Waals surface area contributed by atoms with Crippen molar-refractivity contribution >= 4 is 23.3 Å². The highest BCUT2D eigenvalue weighted by Gasteiger charge is 2.28. The first-order valence-electron chi connectivity index (χ1n) is 7.25. The van der Waals surface area contributed by atoms with Gasteiger partial charge in [0.25, 0.3) is 0 Å². The van der Waals surface area contributed by atoms with Crippen molar-refractivity contribution < 1.29 is 14.3 Å². The number of carbonyl (C=O) groups is 2. The van der Waals surface area contributed by atoms with E-state index in [1.54, 1.807) is 44.1 Å². The SMILES string of the molecule is CN(Cc1ccsc1)C(=O)CC(C)(C)NC(=O)OC(C)(C)C. The van der Waals surface area contributed by atoms with Crippen LogP contribution in [0.25, 0.3) is 0 Å². The summed E-state index contributed by atoms with van der Waals surface area (Å²) in [5, 5.41) is 6.76. The molecule has 0 saturated carbocycles. The van der Waals surface area contributed by atoms with E-state index < -0.39 is 17.2 Å². The molecule has 0 aliphatic heterocycles. The van der Waals surface area contributed by atoms with Crippen LogP contribution >= 0.6 is 11.3 Å². The highest BCUT2D eigenvalue weighted by atomic mass is 32.1. The molecule has 5 nitrogen and oxygen atoms in total. The maximum absolute atomic E-state index is 12.3. The summed E-state index contributed by atoms with van der Waals surface area (Å²) in [6.07, 6.45) is -0.293. The molecule has 0 radical (unpaired) electrons. The highest BCUT2D eigenvalue weighted by molar-refractivity contribution is 7.07. The molecular formula is C16H26N2O3S. The number of ether oxygens (including phenoxy) is 1. The average molecular weight is 326 g/mol. The van der Waals surface area contributed by atoms with Crippen molar-refractivity contribution in [2.75, 3.05) is 7.05 Å². The second-order valence-corrected chi connectivity index (χ2v) is 7.85. The number of hydrogen-bond donors (Lipinski definition) is 1. The maximum atomic E-state index is 12.3. The van der Waals surface area contributed by atoms with E-state index in [9.17, 15) is 9.59 Å². The van der Waals surface area contributed by atoms with Crippen LogP contribution in [-0.4, -0.2) is 35.1 Å². The second kappa shape index (κ2) is 7.13. The molecule has 0 aromatic carbocycles. The highest BCUT2D eigenvalue weighted by Crippen LogP contribution is 2.15. The largest absolute Gasteiger partial charge is 0.444 e. The molecular weight excluding hydrogens is 300 g/mol. The van der Waals surface area contributed by atoms with Gasteiger partial charge in [0.15, 0.2) is 0 Å². The number of nitrogens with zero attached hydrogens (tertiary/aromatic N) is 1. The molecule has 0 fully saturated rings. The van der Waals surface area contributed by atoms with E-state index in [0.717, 1.165) is 5.56 Å². The summed E-state index contributed by atoms with van der Waals surface area (Å²) >= 11 is 1.61. The van der Waals surface area contributed by atoms with Crippen molar-refractivity contribution in [2.24, 2.45) is 0 Å². The van der Waals surface area contributed by atoms with E-state index in [1.807, 2.05) is 30.7 Å². The molecule has 0 spiro atoms. The van der Waals surface area contributed by atoms with Gasteiger partial charge in [-0.2, -0.15) is 11.3 Å². The van der Waals surface area contributed by atoms with Gasteiger partial charge in [-0.25, -0.2) is 4.79 Å². The lowest BCUT2D eigenvalue weighted by molar-refractivity contribution is -0.131. The molecule has 1 aromatic heterocycles. The first-order chi connectivity index (χ1) is 9.98. The number of hydrogen-bond acceptors (Lipinski definition) is 4. The van der Waals surface area contributed by atoms with E-state index >= 15 is 0 Å². The Morgan fingerprint density at radius 2 is 1.91 bits per heavy atom. The number of carbonyl (C=O) groups excluding carboxylic acids is 2. The maximum Gasteiger partial charge on any atom is 0.408 e. The van der Waals surface area contributed by atoms with Gasteiger partial charge in [0.1, 0.15) is 5.60 Å². The molecule has 1 rings (SSSR count). The monoisotopic (exact) mass is 326 g/mol. The predicted molar refractivity (Wildman–Crippen MR) is 88.9 cm³/mol. The molecule has 1 heterocycles. The van der Waals surface area contributed by atoms with Gasteiger partial charge >= 0.3 is 6.09 Å². The summed E-state index contributed by atoms with van der Waals surface area (Å²) in [5.74, 6) is -0.0211. The molecule has 0 saturated heterocycles. The zero-order chi connectivity index (χ0) is 17.0. The van der Waals surface area contributed by atoms with Crippen molar-refractivity contribution in [3.05, 3.63) is 22.4 Å². The quantitative estimate of drug-likeness (QED) is 0.902. The standard InChI is InChI=1S/C16H26N2O3S/c1-15(2,3)21-14(20)17-16(4,5)9-13(19)18(6)10-12-7-8-22-11-12/h7-8,11H,9-10H2,1-6H3,(H,17,20).